The van der Waals surface area contributed by atoms with Gasteiger partial charge < -0.3 is 5.73 Å². The summed E-state index contributed by atoms with van der Waals surface area (Å²) in [6.07, 6.45) is 3.97. The van der Waals surface area contributed by atoms with Gasteiger partial charge in [-0.05, 0) is 41.8 Å². The summed E-state index contributed by atoms with van der Waals surface area (Å²) in [5.41, 5.74) is 6.96. The molecule has 76 valence electrons. The maximum atomic E-state index is 6.15. The minimum atomic E-state index is 0.0395. The minimum absolute atomic E-state index is 0.0395. The van der Waals surface area contributed by atoms with Crippen LogP contribution in [0.3, 0.4) is 0 Å². The molecule has 14 heavy (non-hydrogen) atoms. The van der Waals surface area contributed by atoms with Gasteiger partial charge in [-0.2, -0.15) is 0 Å². The van der Waals surface area contributed by atoms with Gasteiger partial charge >= 0.3 is 0 Å². The average molecular weight is 276 g/mol. The number of hydrogen-bond donors (Lipinski definition) is 1. The van der Waals surface area contributed by atoms with Crippen LogP contribution in [0.2, 0.25) is 5.02 Å². The van der Waals surface area contributed by atoms with E-state index >= 15 is 0 Å². The lowest BCUT2D eigenvalue weighted by Crippen LogP contribution is -2.32. The Labute approximate surface area is 97.0 Å². The molecule has 2 rings (SSSR count). The van der Waals surface area contributed by atoms with Crippen molar-refractivity contribution in [3.8, 4) is 0 Å². The number of nitrogens with two attached hydrogens (primary N) is 1. The number of hydrogen-bond acceptors (Lipinski definition) is 2. The van der Waals surface area contributed by atoms with E-state index in [4.69, 9.17) is 17.3 Å². The molecule has 0 aliphatic heterocycles. The molecule has 0 amide bonds. The molecule has 1 atom stereocenters. The molecule has 1 saturated carbocycles. The highest BCUT2D eigenvalue weighted by Gasteiger charge is 2.49. The molecule has 0 saturated heterocycles. The van der Waals surface area contributed by atoms with E-state index in [1.165, 1.54) is 0 Å². The van der Waals surface area contributed by atoms with Gasteiger partial charge in [-0.15, -0.1) is 0 Å². The summed E-state index contributed by atoms with van der Waals surface area (Å²) in [7, 11) is 0. The molecule has 1 aliphatic rings. The highest BCUT2D eigenvalue weighted by molar-refractivity contribution is 9.10. The number of aromatic nitrogens is 1. The summed E-state index contributed by atoms with van der Waals surface area (Å²) in [5, 5.41) is 0.717. The van der Waals surface area contributed by atoms with Crippen molar-refractivity contribution < 1.29 is 0 Å². The van der Waals surface area contributed by atoms with E-state index in [0.29, 0.717) is 5.02 Å². The van der Waals surface area contributed by atoms with E-state index in [1.807, 2.05) is 13.0 Å². The average Bonchev–Trinajstić information content (AvgIpc) is 2.84. The van der Waals surface area contributed by atoms with Crippen molar-refractivity contribution in [2.24, 2.45) is 5.73 Å². The highest BCUT2D eigenvalue weighted by atomic mass is 79.9. The Bertz CT molecular complexity index is 361. The summed E-state index contributed by atoms with van der Waals surface area (Å²) >= 11 is 9.49. The van der Waals surface area contributed by atoms with Crippen LogP contribution >= 0.6 is 27.5 Å². The second kappa shape index (κ2) is 3.47. The van der Waals surface area contributed by atoms with Crippen molar-refractivity contribution >= 4 is 27.5 Å². The Morgan fingerprint density at radius 3 is 2.71 bits per heavy atom. The monoisotopic (exact) mass is 274 g/mol. The molecule has 2 nitrogen and oxygen atoms in total. The zero-order valence-corrected chi connectivity index (χ0v) is 10.3. The number of nitrogens with zero attached hydrogens (tertiary/aromatic N) is 1. The van der Waals surface area contributed by atoms with Gasteiger partial charge in [0.25, 0.3) is 0 Å². The van der Waals surface area contributed by atoms with E-state index in [0.717, 1.165) is 23.0 Å². The maximum Gasteiger partial charge on any atom is 0.0667 e. The summed E-state index contributed by atoms with van der Waals surface area (Å²) in [6, 6.07) is 2.00. The second-order valence-electron chi connectivity index (χ2n) is 3.93. The largest absolute Gasteiger partial charge is 0.327 e. The zero-order valence-electron chi connectivity index (χ0n) is 7.93. The number of rotatable bonds is 2. The van der Waals surface area contributed by atoms with E-state index in [2.05, 4.69) is 20.9 Å². The topological polar surface area (TPSA) is 38.9 Å². The molecule has 1 heterocycles. The fourth-order valence-electron chi connectivity index (χ4n) is 1.82. The van der Waals surface area contributed by atoms with Crippen LogP contribution in [0.4, 0.5) is 0 Å². The summed E-state index contributed by atoms with van der Waals surface area (Å²) < 4.78 is 0.909. The fraction of sp³-hybridized carbons (Fsp3) is 0.500. The van der Waals surface area contributed by atoms with Crippen molar-refractivity contribution in [3.63, 3.8) is 0 Å². The van der Waals surface area contributed by atoms with Crippen LogP contribution in [-0.4, -0.2) is 11.0 Å². The first kappa shape index (κ1) is 10.4. The second-order valence-corrected chi connectivity index (χ2v) is 5.25. The molecule has 1 unspecified atom stereocenters. The van der Waals surface area contributed by atoms with Crippen LogP contribution in [-0.2, 0) is 5.41 Å². The van der Waals surface area contributed by atoms with Gasteiger partial charge in [0, 0.05) is 22.1 Å². The molecule has 1 aromatic rings. The van der Waals surface area contributed by atoms with Gasteiger partial charge in [0.2, 0.25) is 0 Å². The van der Waals surface area contributed by atoms with Crippen LogP contribution < -0.4 is 5.73 Å². The van der Waals surface area contributed by atoms with Crippen LogP contribution in [0.25, 0.3) is 0 Å². The first-order valence-electron chi connectivity index (χ1n) is 4.63. The maximum absolute atomic E-state index is 6.15. The van der Waals surface area contributed by atoms with Gasteiger partial charge in [0.15, 0.2) is 0 Å². The van der Waals surface area contributed by atoms with Crippen LogP contribution in [0.15, 0.2) is 16.7 Å². The van der Waals surface area contributed by atoms with Gasteiger partial charge in [-0.3, -0.25) is 4.98 Å². The number of pyridine rings is 1. The third kappa shape index (κ3) is 1.58. The Balaban J connectivity index is 2.42. The molecule has 0 radical (unpaired) electrons. The Morgan fingerprint density at radius 2 is 2.29 bits per heavy atom. The lowest BCUT2D eigenvalue weighted by Gasteiger charge is -2.19. The van der Waals surface area contributed by atoms with E-state index in [9.17, 15) is 0 Å². The van der Waals surface area contributed by atoms with Gasteiger partial charge in [0.1, 0.15) is 0 Å². The molecule has 4 heteroatoms. The summed E-state index contributed by atoms with van der Waals surface area (Å²) in [5.74, 6) is 0. The molecule has 1 fully saturated rings. The molecular weight excluding hydrogens is 263 g/mol. The van der Waals surface area contributed by atoms with Crippen molar-refractivity contribution in [3.05, 3.63) is 27.5 Å². The van der Waals surface area contributed by atoms with Gasteiger partial charge in [0.05, 0.1) is 10.7 Å². The molecule has 0 aromatic carbocycles. The predicted molar refractivity (Wildman–Crippen MR) is 61.5 cm³/mol. The van der Waals surface area contributed by atoms with Crippen molar-refractivity contribution in [2.45, 2.75) is 31.2 Å². The zero-order chi connectivity index (χ0) is 10.3. The van der Waals surface area contributed by atoms with E-state index < -0.39 is 0 Å². The molecule has 1 aromatic heterocycles. The Hall–Kier alpha value is -0.120. The van der Waals surface area contributed by atoms with E-state index in [1.54, 1.807) is 6.20 Å². The fourth-order valence-corrected chi connectivity index (χ4v) is 2.64. The lowest BCUT2D eigenvalue weighted by atomic mass is 9.94. The normalized spacial score (nSPS) is 20.6. The predicted octanol–water partition coefficient (Wildman–Crippen LogP) is 2.88. The van der Waals surface area contributed by atoms with Crippen LogP contribution in [0.5, 0.6) is 0 Å². The number of halogens is 2. The standard InChI is InChI=1S/C10H12BrClN2/c1-6(13)10(2-3-10)9-8(12)4-7(11)5-14-9/h4-6H,2-3,13H2,1H3. The lowest BCUT2D eigenvalue weighted by molar-refractivity contribution is 0.542. The summed E-state index contributed by atoms with van der Waals surface area (Å²) in [6.45, 7) is 2.02. The summed E-state index contributed by atoms with van der Waals surface area (Å²) in [4.78, 5) is 4.37. The molecule has 0 bridgehead atoms. The minimum Gasteiger partial charge on any atom is -0.327 e. The molecule has 1 aliphatic carbocycles. The first-order valence-corrected chi connectivity index (χ1v) is 5.80. The third-order valence-electron chi connectivity index (χ3n) is 2.94. The Kier molecular flexibility index (Phi) is 2.58. The van der Waals surface area contributed by atoms with Gasteiger partial charge in [-0.1, -0.05) is 11.6 Å². The molecule has 0 spiro atoms. The van der Waals surface area contributed by atoms with Crippen molar-refractivity contribution in [1.82, 2.24) is 4.98 Å². The Morgan fingerprint density at radius 1 is 1.64 bits per heavy atom. The smallest absolute Gasteiger partial charge is 0.0667 e. The van der Waals surface area contributed by atoms with E-state index in [-0.39, 0.29) is 11.5 Å². The molecule has 2 N–H and O–H groups in total. The van der Waals surface area contributed by atoms with Gasteiger partial charge in [-0.25, -0.2) is 0 Å². The van der Waals surface area contributed by atoms with Crippen molar-refractivity contribution in [1.29, 1.82) is 0 Å². The molecular formula is C10H12BrClN2. The SMILES string of the molecule is CC(N)C1(c2ncc(Br)cc2Cl)CC1. The van der Waals surface area contributed by atoms with Crippen LogP contribution in [0, 0.1) is 0 Å². The highest BCUT2D eigenvalue weighted by Crippen LogP contribution is 2.51. The quantitative estimate of drug-likeness (QED) is 0.901. The van der Waals surface area contributed by atoms with Crippen molar-refractivity contribution in [2.75, 3.05) is 0 Å². The first-order chi connectivity index (χ1) is 6.56. The van der Waals surface area contributed by atoms with Crippen LogP contribution in [0.1, 0.15) is 25.5 Å². The third-order valence-corrected chi connectivity index (χ3v) is 3.66.